The quantitative estimate of drug-likeness (QED) is 0.929. The number of carbonyl (C=O) groups excluding carboxylic acids is 1. The largest absolute Gasteiger partial charge is 0.324 e. The molecule has 4 heteroatoms. The summed E-state index contributed by atoms with van der Waals surface area (Å²) in [5.74, 6) is 0.141. The normalized spacial score (nSPS) is 15.2. The number of carbonyl (C=O) groups is 1. The maximum absolute atomic E-state index is 11.7. The van der Waals surface area contributed by atoms with Gasteiger partial charge in [-0.25, -0.2) is 0 Å². The third-order valence-corrected chi connectivity index (χ3v) is 4.45. The predicted octanol–water partition coefficient (Wildman–Crippen LogP) is 3.21. The molecule has 0 saturated heterocycles. The van der Waals surface area contributed by atoms with Crippen LogP contribution in [0.2, 0.25) is 0 Å². The molecular weight excluding hydrogens is 328 g/mol. The van der Waals surface area contributed by atoms with Crippen LogP contribution in [0.15, 0.2) is 46.9 Å². The first-order valence-corrected chi connectivity index (χ1v) is 7.73. The van der Waals surface area contributed by atoms with Crippen LogP contribution >= 0.6 is 15.9 Å². The van der Waals surface area contributed by atoms with Crippen LogP contribution in [0.3, 0.4) is 0 Å². The summed E-state index contributed by atoms with van der Waals surface area (Å²) in [6, 6.07) is 14.2. The SMILES string of the molecule is CN1C(=O)Cc2cc(C(N)Cc3cccc(Br)c3)ccc21. The van der Waals surface area contributed by atoms with Gasteiger partial charge in [-0.2, -0.15) is 0 Å². The standard InChI is InChI=1S/C17H17BrN2O/c1-20-16-6-5-12(9-13(16)10-17(20)21)15(19)8-11-3-2-4-14(18)7-11/h2-7,9,15H,8,10,19H2,1H3. The number of nitrogens with zero attached hydrogens (tertiary/aromatic N) is 1. The molecule has 2 N–H and O–H groups in total. The Morgan fingerprint density at radius 1 is 1.29 bits per heavy atom. The lowest BCUT2D eigenvalue weighted by molar-refractivity contribution is -0.117. The Bertz CT molecular complexity index is 699. The monoisotopic (exact) mass is 344 g/mol. The molecule has 108 valence electrons. The Morgan fingerprint density at radius 3 is 2.86 bits per heavy atom. The molecule has 1 heterocycles. The maximum Gasteiger partial charge on any atom is 0.231 e. The number of benzene rings is 2. The van der Waals surface area contributed by atoms with E-state index in [9.17, 15) is 4.79 Å². The summed E-state index contributed by atoms with van der Waals surface area (Å²) in [5.41, 5.74) is 10.7. The Hall–Kier alpha value is -1.65. The summed E-state index contributed by atoms with van der Waals surface area (Å²) in [6.07, 6.45) is 1.26. The van der Waals surface area contributed by atoms with Crippen molar-refractivity contribution in [3.8, 4) is 0 Å². The van der Waals surface area contributed by atoms with Gasteiger partial charge in [0.25, 0.3) is 0 Å². The van der Waals surface area contributed by atoms with E-state index in [1.807, 2.05) is 31.3 Å². The van der Waals surface area contributed by atoms with Gasteiger partial charge in [-0.3, -0.25) is 4.79 Å². The fraction of sp³-hybridized carbons (Fsp3) is 0.235. The zero-order valence-corrected chi connectivity index (χ0v) is 13.4. The third-order valence-electron chi connectivity index (χ3n) is 3.95. The van der Waals surface area contributed by atoms with Crippen LogP contribution in [-0.2, 0) is 17.6 Å². The first-order valence-electron chi connectivity index (χ1n) is 6.94. The van der Waals surface area contributed by atoms with Gasteiger partial charge in [0, 0.05) is 23.2 Å². The number of fused-ring (bicyclic) bond motifs is 1. The summed E-state index contributed by atoms with van der Waals surface area (Å²) in [4.78, 5) is 13.4. The van der Waals surface area contributed by atoms with E-state index in [1.54, 1.807) is 4.90 Å². The number of hydrogen-bond donors (Lipinski definition) is 1. The molecule has 3 nitrogen and oxygen atoms in total. The molecule has 0 aliphatic carbocycles. The lowest BCUT2D eigenvalue weighted by Gasteiger charge is -2.15. The molecule has 1 unspecified atom stereocenters. The van der Waals surface area contributed by atoms with Gasteiger partial charge < -0.3 is 10.6 Å². The number of likely N-dealkylation sites (N-methyl/N-ethyl adjacent to an activating group) is 1. The molecule has 0 bridgehead atoms. The van der Waals surface area contributed by atoms with Crippen LogP contribution < -0.4 is 10.6 Å². The highest BCUT2D eigenvalue weighted by Crippen LogP contribution is 2.30. The number of hydrogen-bond acceptors (Lipinski definition) is 2. The molecule has 2 aromatic rings. The topological polar surface area (TPSA) is 46.3 Å². The minimum atomic E-state index is -0.0643. The fourth-order valence-corrected chi connectivity index (χ4v) is 3.20. The number of anilines is 1. The van der Waals surface area contributed by atoms with Crippen molar-refractivity contribution in [3.63, 3.8) is 0 Å². The Balaban J connectivity index is 1.81. The zero-order valence-electron chi connectivity index (χ0n) is 11.8. The molecule has 1 atom stereocenters. The fourth-order valence-electron chi connectivity index (χ4n) is 2.76. The molecule has 21 heavy (non-hydrogen) atoms. The van der Waals surface area contributed by atoms with E-state index < -0.39 is 0 Å². The molecule has 1 aliphatic heterocycles. The van der Waals surface area contributed by atoms with E-state index in [2.05, 4.69) is 34.1 Å². The highest BCUT2D eigenvalue weighted by molar-refractivity contribution is 9.10. The second-order valence-electron chi connectivity index (χ2n) is 5.46. The summed E-state index contributed by atoms with van der Waals surface area (Å²) in [6.45, 7) is 0. The van der Waals surface area contributed by atoms with Crippen LogP contribution in [0.4, 0.5) is 5.69 Å². The summed E-state index contributed by atoms with van der Waals surface area (Å²) in [5, 5.41) is 0. The Kier molecular flexibility index (Phi) is 3.83. The predicted molar refractivity (Wildman–Crippen MR) is 88.3 cm³/mol. The van der Waals surface area contributed by atoms with Gasteiger partial charge in [-0.05, 0) is 41.3 Å². The molecule has 2 aromatic carbocycles. The van der Waals surface area contributed by atoms with Crippen LogP contribution in [0.1, 0.15) is 22.7 Å². The molecule has 0 saturated carbocycles. The van der Waals surface area contributed by atoms with Crippen LogP contribution in [0.5, 0.6) is 0 Å². The van der Waals surface area contributed by atoms with E-state index >= 15 is 0 Å². The van der Waals surface area contributed by atoms with Gasteiger partial charge in [-0.15, -0.1) is 0 Å². The van der Waals surface area contributed by atoms with Crippen molar-refractivity contribution in [3.05, 3.63) is 63.6 Å². The summed E-state index contributed by atoms with van der Waals surface area (Å²) >= 11 is 3.48. The van der Waals surface area contributed by atoms with Crippen molar-refractivity contribution in [2.24, 2.45) is 5.73 Å². The van der Waals surface area contributed by atoms with E-state index in [4.69, 9.17) is 5.73 Å². The molecule has 0 fully saturated rings. The second kappa shape index (κ2) is 5.62. The first-order chi connectivity index (χ1) is 10.0. The molecule has 1 amide bonds. The van der Waals surface area contributed by atoms with Gasteiger partial charge in [0.1, 0.15) is 0 Å². The number of amides is 1. The van der Waals surface area contributed by atoms with Gasteiger partial charge >= 0.3 is 0 Å². The van der Waals surface area contributed by atoms with E-state index in [0.29, 0.717) is 6.42 Å². The Morgan fingerprint density at radius 2 is 2.10 bits per heavy atom. The third kappa shape index (κ3) is 2.87. The Labute approximate surface area is 132 Å². The zero-order chi connectivity index (χ0) is 15.0. The van der Waals surface area contributed by atoms with Crippen molar-refractivity contribution in [1.82, 2.24) is 0 Å². The van der Waals surface area contributed by atoms with Gasteiger partial charge in [0.15, 0.2) is 0 Å². The van der Waals surface area contributed by atoms with Gasteiger partial charge in [0.2, 0.25) is 5.91 Å². The minimum absolute atomic E-state index is 0.0643. The van der Waals surface area contributed by atoms with Crippen molar-refractivity contribution in [2.45, 2.75) is 18.9 Å². The van der Waals surface area contributed by atoms with Crippen molar-refractivity contribution < 1.29 is 4.79 Å². The molecule has 1 aliphatic rings. The molecule has 0 aromatic heterocycles. The highest BCUT2D eigenvalue weighted by Gasteiger charge is 2.24. The van der Waals surface area contributed by atoms with Crippen LogP contribution in [0.25, 0.3) is 0 Å². The van der Waals surface area contributed by atoms with E-state index in [0.717, 1.165) is 27.7 Å². The molecule has 0 radical (unpaired) electrons. The van der Waals surface area contributed by atoms with E-state index in [-0.39, 0.29) is 11.9 Å². The summed E-state index contributed by atoms with van der Waals surface area (Å²) in [7, 11) is 1.81. The molecule has 0 spiro atoms. The van der Waals surface area contributed by atoms with Crippen LogP contribution in [0, 0.1) is 0 Å². The van der Waals surface area contributed by atoms with Gasteiger partial charge in [-0.1, -0.05) is 40.2 Å². The summed E-state index contributed by atoms with van der Waals surface area (Å²) < 4.78 is 1.06. The average molecular weight is 345 g/mol. The average Bonchev–Trinajstić information content (AvgIpc) is 2.73. The lowest BCUT2D eigenvalue weighted by Crippen LogP contribution is -2.20. The van der Waals surface area contributed by atoms with Crippen molar-refractivity contribution in [2.75, 3.05) is 11.9 Å². The smallest absolute Gasteiger partial charge is 0.231 e. The number of halogens is 1. The second-order valence-corrected chi connectivity index (χ2v) is 6.37. The van der Waals surface area contributed by atoms with Crippen molar-refractivity contribution in [1.29, 1.82) is 0 Å². The maximum atomic E-state index is 11.7. The number of rotatable bonds is 3. The molecule has 3 rings (SSSR count). The number of nitrogens with two attached hydrogens (primary N) is 1. The van der Waals surface area contributed by atoms with E-state index in [1.165, 1.54) is 5.56 Å². The lowest BCUT2D eigenvalue weighted by atomic mass is 9.97. The molecular formula is C17H17BrN2O. The highest BCUT2D eigenvalue weighted by atomic mass is 79.9. The van der Waals surface area contributed by atoms with Crippen LogP contribution in [-0.4, -0.2) is 13.0 Å². The first kappa shape index (κ1) is 14.3. The van der Waals surface area contributed by atoms with Crippen molar-refractivity contribution >= 4 is 27.5 Å². The minimum Gasteiger partial charge on any atom is -0.324 e. The van der Waals surface area contributed by atoms with Gasteiger partial charge in [0.05, 0.1) is 6.42 Å².